The number of hydrogen-bond acceptors (Lipinski definition) is 1. The second-order valence-corrected chi connectivity index (χ2v) is 3.80. The molecule has 0 aliphatic heterocycles. The number of hydrogen-bond donors (Lipinski definition) is 1. The zero-order valence-electron chi connectivity index (χ0n) is 8.31. The molecule has 0 rings (SSSR count). The maximum absolute atomic E-state index is 9.51. The van der Waals surface area contributed by atoms with E-state index in [2.05, 4.69) is 20.8 Å². The highest BCUT2D eigenvalue weighted by atomic mass is 16.3. The van der Waals surface area contributed by atoms with E-state index in [0.29, 0.717) is 5.92 Å². The van der Waals surface area contributed by atoms with Crippen LogP contribution in [0.5, 0.6) is 0 Å². The maximum Gasteiger partial charge on any atom is 0.0600 e. The zero-order valence-corrected chi connectivity index (χ0v) is 8.31. The van der Waals surface area contributed by atoms with E-state index in [1.165, 1.54) is 11.1 Å². The van der Waals surface area contributed by atoms with Crippen molar-refractivity contribution in [2.24, 2.45) is 5.92 Å². The van der Waals surface area contributed by atoms with Gasteiger partial charge >= 0.3 is 0 Å². The van der Waals surface area contributed by atoms with Crippen LogP contribution in [0.2, 0.25) is 0 Å². The summed E-state index contributed by atoms with van der Waals surface area (Å²) in [5, 5.41) is 9.51. The molecule has 0 aliphatic rings. The lowest BCUT2D eigenvalue weighted by molar-refractivity contribution is 0.125. The van der Waals surface area contributed by atoms with Crippen LogP contribution in [0.1, 0.15) is 41.0 Å². The van der Waals surface area contributed by atoms with Gasteiger partial charge in [-0.3, -0.25) is 0 Å². The second kappa shape index (κ2) is 4.55. The highest BCUT2D eigenvalue weighted by Crippen LogP contribution is 2.14. The van der Waals surface area contributed by atoms with Crippen molar-refractivity contribution >= 4 is 0 Å². The summed E-state index contributed by atoms with van der Waals surface area (Å²) in [6.45, 7) is 10.3. The molecule has 0 aromatic rings. The molecule has 0 spiro atoms. The zero-order chi connectivity index (χ0) is 9.02. The smallest absolute Gasteiger partial charge is 0.0600 e. The van der Waals surface area contributed by atoms with Crippen LogP contribution < -0.4 is 0 Å². The minimum Gasteiger partial charge on any atom is -0.393 e. The monoisotopic (exact) mass is 156 g/mol. The molecule has 0 aromatic heterocycles. The van der Waals surface area contributed by atoms with Gasteiger partial charge in [-0.25, -0.2) is 0 Å². The Hall–Kier alpha value is -0.300. The molecular weight excluding hydrogens is 136 g/mol. The lowest BCUT2D eigenvalue weighted by Crippen LogP contribution is -2.14. The maximum atomic E-state index is 9.51. The van der Waals surface area contributed by atoms with E-state index in [1.54, 1.807) is 0 Å². The molecule has 0 fully saturated rings. The minimum atomic E-state index is -0.176. The molecule has 1 heteroatoms. The van der Waals surface area contributed by atoms with Crippen LogP contribution in [0.15, 0.2) is 11.1 Å². The third kappa shape index (κ3) is 4.20. The van der Waals surface area contributed by atoms with Crippen molar-refractivity contribution in [3.8, 4) is 0 Å². The summed E-state index contributed by atoms with van der Waals surface area (Å²) < 4.78 is 0. The molecule has 0 amide bonds. The Bertz CT molecular complexity index is 141. The molecule has 1 atom stereocenters. The normalized spacial score (nSPS) is 13.4. The van der Waals surface area contributed by atoms with Gasteiger partial charge in [-0.2, -0.15) is 0 Å². The lowest BCUT2D eigenvalue weighted by Gasteiger charge is -2.15. The van der Waals surface area contributed by atoms with E-state index in [9.17, 15) is 5.11 Å². The van der Waals surface area contributed by atoms with Crippen LogP contribution in [0.3, 0.4) is 0 Å². The molecule has 0 aliphatic carbocycles. The Morgan fingerprint density at radius 2 is 1.64 bits per heavy atom. The summed E-state index contributed by atoms with van der Waals surface area (Å²) in [4.78, 5) is 0. The lowest BCUT2D eigenvalue weighted by atomic mass is 9.98. The van der Waals surface area contributed by atoms with E-state index < -0.39 is 0 Å². The summed E-state index contributed by atoms with van der Waals surface area (Å²) in [5.41, 5.74) is 2.64. The Labute approximate surface area is 70.1 Å². The van der Waals surface area contributed by atoms with Gasteiger partial charge in [0.05, 0.1) is 6.10 Å². The number of aliphatic hydroxyl groups is 1. The van der Waals surface area contributed by atoms with Crippen LogP contribution in [-0.4, -0.2) is 11.2 Å². The fourth-order valence-electron chi connectivity index (χ4n) is 0.754. The fourth-order valence-corrected chi connectivity index (χ4v) is 0.754. The molecule has 1 N–H and O–H groups in total. The first-order chi connectivity index (χ1) is 4.95. The van der Waals surface area contributed by atoms with E-state index >= 15 is 0 Å². The van der Waals surface area contributed by atoms with Crippen LogP contribution >= 0.6 is 0 Å². The van der Waals surface area contributed by atoms with Crippen molar-refractivity contribution < 1.29 is 5.11 Å². The van der Waals surface area contributed by atoms with Gasteiger partial charge in [0.25, 0.3) is 0 Å². The molecule has 1 nitrogen and oxygen atoms in total. The van der Waals surface area contributed by atoms with Gasteiger partial charge in [-0.15, -0.1) is 0 Å². The van der Waals surface area contributed by atoms with Gasteiger partial charge in [0, 0.05) is 0 Å². The molecule has 0 bridgehead atoms. The Kier molecular flexibility index (Phi) is 4.43. The summed E-state index contributed by atoms with van der Waals surface area (Å²) in [5.74, 6) is 0.365. The highest BCUT2D eigenvalue weighted by Gasteiger charge is 2.09. The Balaban J connectivity index is 3.96. The first kappa shape index (κ1) is 10.7. The fraction of sp³-hybridized carbons (Fsp3) is 0.800. The van der Waals surface area contributed by atoms with E-state index in [1.807, 2.05) is 13.8 Å². The quantitative estimate of drug-likeness (QED) is 0.623. The predicted octanol–water partition coefficient (Wildman–Crippen LogP) is 2.75. The number of aliphatic hydroxyl groups excluding tert-OH is 1. The number of allylic oxidation sites excluding steroid dienone is 1. The van der Waals surface area contributed by atoms with E-state index in [0.717, 1.165) is 6.42 Å². The predicted molar refractivity (Wildman–Crippen MR) is 49.5 cm³/mol. The summed E-state index contributed by atoms with van der Waals surface area (Å²) >= 11 is 0. The first-order valence-electron chi connectivity index (χ1n) is 4.26. The Morgan fingerprint density at radius 3 is 1.91 bits per heavy atom. The Morgan fingerprint density at radius 1 is 1.18 bits per heavy atom. The largest absolute Gasteiger partial charge is 0.393 e. The highest BCUT2D eigenvalue weighted by molar-refractivity contribution is 5.07. The SMILES string of the molecule is CC(C)=C(C)CC(O)C(C)C. The third-order valence-electron chi connectivity index (χ3n) is 2.14. The van der Waals surface area contributed by atoms with Gasteiger partial charge < -0.3 is 5.11 Å². The molecular formula is C10H20O. The van der Waals surface area contributed by atoms with Crippen molar-refractivity contribution in [3.63, 3.8) is 0 Å². The van der Waals surface area contributed by atoms with Gasteiger partial charge in [0.15, 0.2) is 0 Å². The van der Waals surface area contributed by atoms with Crippen molar-refractivity contribution in [3.05, 3.63) is 11.1 Å². The standard InChI is InChI=1S/C10H20O/c1-7(2)9(5)6-10(11)8(3)4/h8,10-11H,6H2,1-5H3. The van der Waals surface area contributed by atoms with Crippen molar-refractivity contribution in [1.82, 2.24) is 0 Å². The second-order valence-electron chi connectivity index (χ2n) is 3.80. The topological polar surface area (TPSA) is 20.2 Å². The molecule has 0 saturated carbocycles. The van der Waals surface area contributed by atoms with Gasteiger partial charge in [-0.05, 0) is 33.1 Å². The molecule has 0 saturated heterocycles. The molecule has 11 heavy (non-hydrogen) atoms. The number of rotatable bonds is 3. The van der Waals surface area contributed by atoms with Crippen LogP contribution in [0.25, 0.3) is 0 Å². The summed E-state index contributed by atoms with van der Waals surface area (Å²) in [6.07, 6.45) is 0.643. The first-order valence-corrected chi connectivity index (χ1v) is 4.26. The molecule has 1 unspecified atom stereocenters. The van der Waals surface area contributed by atoms with Gasteiger partial charge in [-0.1, -0.05) is 25.0 Å². The van der Waals surface area contributed by atoms with Gasteiger partial charge in [0.2, 0.25) is 0 Å². The van der Waals surface area contributed by atoms with E-state index in [4.69, 9.17) is 0 Å². The molecule has 66 valence electrons. The molecule has 0 radical (unpaired) electrons. The average molecular weight is 156 g/mol. The van der Waals surface area contributed by atoms with Crippen molar-refractivity contribution in [2.75, 3.05) is 0 Å². The summed E-state index contributed by atoms with van der Waals surface area (Å²) in [6, 6.07) is 0. The third-order valence-corrected chi connectivity index (χ3v) is 2.14. The summed E-state index contributed by atoms with van der Waals surface area (Å²) in [7, 11) is 0. The molecule has 0 aromatic carbocycles. The van der Waals surface area contributed by atoms with Crippen LogP contribution in [0, 0.1) is 5.92 Å². The van der Waals surface area contributed by atoms with Crippen molar-refractivity contribution in [2.45, 2.75) is 47.1 Å². The van der Waals surface area contributed by atoms with Crippen LogP contribution in [-0.2, 0) is 0 Å². The van der Waals surface area contributed by atoms with Gasteiger partial charge in [0.1, 0.15) is 0 Å². The van der Waals surface area contributed by atoms with Crippen molar-refractivity contribution in [1.29, 1.82) is 0 Å². The van der Waals surface area contributed by atoms with E-state index in [-0.39, 0.29) is 6.10 Å². The minimum absolute atomic E-state index is 0.176. The van der Waals surface area contributed by atoms with Crippen LogP contribution in [0.4, 0.5) is 0 Å². The average Bonchev–Trinajstić information content (AvgIpc) is 1.87. The molecule has 0 heterocycles.